The van der Waals surface area contributed by atoms with Crippen LogP contribution in [-0.2, 0) is 10.0 Å². The van der Waals surface area contributed by atoms with Crippen LogP contribution in [0.2, 0.25) is 0 Å². The summed E-state index contributed by atoms with van der Waals surface area (Å²) < 4.78 is 27.9. The van der Waals surface area contributed by atoms with E-state index in [9.17, 15) is 13.2 Å². The second-order valence-corrected chi connectivity index (χ2v) is 11.8. The molecule has 10 nitrogen and oxygen atoms in total. The normalized spacial score (nSPS) is 17.1. The maximum atomic E-state index is 13.3. The van der Waals surface area contributed by atoms with Crippen molar-refractivity contribution in [2.45, 2.75) is 57.6 Å². The Morgan fingerprint density at radius 3 is 2.49 bits per heavy atom. The molecule has 37 heavy (non-hydrogen) atoms. The van der Waals surface area contributed by atoms with Crippen molar-refractivity contribution >= 4 is 33.4 Å². The number of nitrogens with two attached hydrogens (primary N) is 1. The molecule has 3 aromatic rings. The molecule has 1 atom stereocenters. The van der Waals surface area contributed by atoms with E-state index < -0.39 is 15.9 Å². The first-order chi connectivity index (χ1) is 17.4. The van der Waals surface area contributed by atoms with Crippen LogP contribution in [-0.4, -0.2) is 47.4 Å². The van der Waals surface area contributed by atoms with Gasteiger partial charge >= 0.3 is 0 Å². The Kier molecular flexibility index (Phi) is 7.09. The number of aromatic nitrogens is 3. The van der Waals surface area contributed by atoms with E-state index in [1.807, 2.05) is 26.0 Å². The van der Waals surface area contributed by atoms with Gasteiger partial charge in [-0.25, -0.2) is 19.7 Å². The summed E-state index contributed by atoms with van der Waals surface area (Å²) in [6, 6.07) is 11.6. The summed E-state index contributed by atoms with van der Waals surface area (Å²) in [6.45, 7) is 11.1. The lowest BCUT2D eigenvalue weighted by Gasteiger charge is -2.36. The van der Waals surface area contributed by atoms with Gasteiger partial charge in [0.2, 0.25) is 0 Å². The van der Waals surface area contributed by atoms with Crippen molar-refractivity contribution in [3.63, 3.8) is 0 Å². The quantitative estimate of drug-likeness (QED) is 0.422. The van der Waals surface area contributed by atoms with Crippen LogP contribution in [0.25, 0.3) is 11.3 Å². The Bertz CT molecular complexity index is 1410. The molecule has 3 aromatic heterocycles. The molecule has 0 spiro atoms. The first kappa shape index (κ1) is 26.3. The smallest absolute Gasteiger partial charge is 0.281 e. The Morgan fingerprint density at radius 1 is 1.14 bits per heavy atom. The van der Waals surface area contributed by atoms with Crippen LogP contribution in [0.4, 0.5) is 17.5 Å². The van der Waals surface area contributed by atoms with Gasteiger partial charge in [-0.15, -0.1) is 0 Å². The predicted molar refractivity (Wildman–Crippen MR) is 145 cm³/mol. The van der Waals surface area contributed by atoms with Gasteiger partial charge < -0.3 is 16.0 Å². The van der Waals surface area contributed by atoms with Crippen LogP contribution in [0.5, 0.6) is 0 Å². The molecule has 1 unspecified atom stereocenters. The van der Waals surface area contributed by atoms with Crippen molar-refractivity contribution in [3.8, 4) is 11.3 Å². The zero-order valence-electron chi connectivity index (χ0n) is 21.7. The zero-order valence-corrected chi connectivity index (χ0v) is 22.5. The van der Waals surface area contributed by atoms with Crippen LogP contribution in [0, 0.1) is 5.92 Å². The van der Waals surface area contributed by atoms with Crippen LogP contribution in [0.1, 0.15) is 51.4 Å². The molecular weight excluding hydrogens is 490 g/mol. The molecule has 4 rings (SSSR count). The highest BCUT2D eigenvalue weighted by Crippen LogP contribution is 2.39. The lowest BCUT2D eigenvalue weighted by molar-refractivity contribution is 0.0981. The van der Waals surface area contributed by atoms with Crippen LogP contribution >= 0.6 is 0 Å². The van der Waals surface area contributed by atoms with Gasteiger partial charge in [0, 0.05) is 29.9 Å². The number of nitrogen functional groups attached to an aromatic ring is 1. The van der Waals surface area contributed by atoms with Gasteiger partial charge in [-0.2, -0.15) is 8.42 Å². The van der Waals surface area contributed by atoms with Crippen LogP contribution in [0.3, 0.4) is 0 Å². The Morgan fingerprint density at radius 2 is 1.89 bits per heavy atom. The molecule has 0 saturated carbocycles. The van der Waals surface area contributed by atoms with E-state index in [-0.39, 0.29) is 28.0 Å². The summed E-state index contributed by atoms with van der Waals surface area (Å²) >= 11 is 0. The maximum absolute atomic E-state index is 13.3. The summed E-state index contributed by atoms with van der Waals surface area (Å²) in [4.78, 5) is 28.6. The third-order valence-corrected chi connectivity index (χ3v) is 8.04. The van der Waals surface area contributed by atoms with Gasteiger partial charge in [-0.1, -0.05) is 13.0 Å². The number of sulfonamides is 1. The standard InChI is InChI=1S/C26H33N7O3S/c1-16(2)29-22-12-9-18(15-28-22)20-11-10-19(24(30-20)33-14-13-17(3)26(33,4)5)25(34)32-37(35,36)23-8-6-7-21(27)31-23/h6-12,15-17H,13-14H2,1-5H3,(H2,27,31)(H,28,29)(H,32,34). The summed E-state index contributed by atoms with van der Waals surface area (Å²) in [5, 5.41) is 2.93. The number of carbonyl (C=O) groups is 1. The SMILES string of the molecule is CC(C)Nc1ccc(-c2ccc(C(=O)NS(=O)(=O)c3cccc(N)n3)c(N3CCC(C)C3(C)C)n2)cn1. The van der Waals surface area contributed by atoms with E-state index >= 15 is 0 Å². The first-order valence-corrected chi connectivity index (χ1v) is 13.7. The van der Waals surface area contributed by atoms with E-state index in [0.717, 1.165) is 17.8 Å². The highest BCUT2D eigenvalue weighted by atomic mass is 32.2. The number of pyridine rings is 3. The van der Waals surface area contributed by atoms with Crippen molar-refractivity contribution in [1.29, 1.82) is 0 Å². The zero-order chi connectivity index (χ0) is 27.0. The first-order valence-electron chi connectivity index (χ1n) is 12.2. The minimum atomic E-state index is -4.24. The maximum Gasteiger partial charge on any atom is 0.281 e. The van der Waals surface area contributed by atoms with Crippen molar-refractivity contribution in [3.05, 3.63) is 54.2 Å². The van der Waals surface area contributed by atoms with Crippen molar-refractivity contribution in [2.75, 3.05) is 22.5 Å². The largest absolute Gasteiger partial charge is 0.384 e. The molecule has 0 bridgehead atoms. The number of carbonyl (C=O) groups excluding carboxylic acids is 1. The molecule has 0 aromatic carbocycles. The predicted octanol–water partition coefficient (Wildman–Crippen LogP) is 3.68. The number of rotatable bonds is 7. The lowest BCUT2D eigenvalue weighted by atomic mass is 9.90. The number of hydrogen-bond acceptors (Lipinski definition) is 9. The number of hydrogen-bond donors (Lipinski definition) is 3. The molecule has 196 valence electrons. The lowest BCUT2D eigenvalue weighted by Crippen LogP contribution is -2.43. The van der Waals surface area contributed by atoms with Crippen molar-refractivity contribution in [2.24, 2.45) is 5.92 Å². The van der Waals surface area contributed by atoms with Gasteiger partial charge in [0.25, 0.3) is 15.9 Å². The average molecular weight is 524 g/mol. The fourth-order valence-corrected chi connectivity index (χ4v) is 5.28. The molecular formula is C26H33N7O3S. The van der Waals surface area contributed by atoms with E-state index in [1.54, 1.807) is 18.3 Å². The van der Waals surface area contributed by atoms with Crippen molar-refractivity contribution in [1.82, 2.24) is 19.7 Å². The van der Waals surface area contributed by atoms with Crippen molar-refractivity contribution < 1.29 is 13.2 Å². The average Bonchev–Trinajstić information content (AvgIpc) is 3.10. The monoisotopic (exact) mass is 523 g/mol. The Hall–Kier alpha value is -3.73. The minimum Gasteiger partial charge on any atom is -0.384 e. The molecule has 4 N–H and O–H groups in total. The third kappa shape index (κ3) is 5.51. The number of anilines is 3. The minimum absolute atomic E-state index is 0.0399. The van der Waals surface area contributed by atoms with Crippen LogP contribution in [0.15, 0.2) is 53.7 Å². The molecule has 1 aliphatic heterocycles. The topological polar surface area (TPSA) is 143 Å². The number of nitrogens with one attached hydrogen (secondary N) is 2. The van der Waals surface area contributed by atoms with Crippen LogP contribution < -0.4 is 20.7 Å². The number of amides is 1. The molecule has 1 aliphatic rings. The van der Waals surface area contributed by atoms with E-state index in [4.69, 9.17) is 10.7 Å². The molecule has 1 fully saturated rings. The highest BCUT2D eigenvalue weighted by molar-refractivity contribution is 7.90. The molecule has 0 aliphatic carbocycles. The molecule has 0 radical (unpaired) electrons. The highest BCUT2D eigenvalue weighted by Gasteiger charge is 2.41. The molecule has 4 heterocycles. The van der Waals surface area contributed by atoms with Gasteiger partial charge in [-0.3, -0.25) is 4.79 Å². The molecule has 11 heteroatoms. The fourth-order valence-electron chi connectivity index (χ4n) is 4.34. The Labute approximate surface area is 217 Å². The van der Waals surface area contributed by atoms with Gasteiger partial charge in [0.05, 0.1) is 11.3 Å². The van der Waals surface area contributed by atoms with E-state index in [2.05, 4.69) is 45.7 Å². The molecule has 1 amide bonds. The van der Waals surface area contributed by atoms with E-state index in [0.29, 0.717) is 24.0 Å². The number of nitrogens with zero attached hydrogens (tertiary/aromatic N) is 4. The van der Waals surface area contributed by atoms with Gasteiger partial charge in [0.15, 0.2) is 5.03 Å². The summed E-state index contributed by atoms with van der Waals surface area (Å²) in [5.74, 6) is 0.771. The van der Waals surface area contributed by atoms with E-state index in [1.165, 1.54) is 18.2 Å². The summed E-state index contributed by atoms with van der Waals surface area (Å²) in [5.41, 5.74) is 6.91. The Balaban J connectivity index is 1.73. The van der Waals surface area contributed by atoms with Gasteiger partial charge in [0.1, 0.15) is 17.5 Å². The second-order valence-electron chi connectivity index (χ2n) is 10.1. The summed E-state index contributed by atoms with van der Waals surface area (Å²) in [7, 11) is -4.24. The molecule has 1 saturated heterocycles. The second kappa shape index (κ2) is 9.97. The van der Waals surface area contributed by atoms with Gasteiger partial charge in [-0.05, 0) is 76.4 Å². The third-order valence-electron chi connectivity index (χ3n) is 6.81. The fraction of sp³-hybridized carbons (Fsp3) is 0.385. The summed E-state index contributed by atoms with van der Waals surface area (Å²) in [6.07, 6.45) is 2.65.